The zero-order valence-corrected chi connectivity index (χ0v) is 13.3. The summed E-state index contributed by atoms with van der Waals surface area (Å²) >= 11 is 1.77. The summed E-state index contributed by atoms with van der Waals surface area (Å²) in [7, 11) is 0. The molecule has 1 atom stereocenters. The van der Waals surface area contributed by atoms with Gasteiger partial charge in [-0.1, -0.05) is 24.6 Å². The summed E-state index contributed by atoms with van der Waals surface area (Å²) < 4.78 is 5.65. The second-order valence-electron chi connectivity index (χ2n) is 5.53. The fourth-order valence-corrected chi connectivity index (χ4v) is 4.23. The normalized spacial score (nSPS) is 16.1. The maximum Gasteiger partial charge on any atom is 0.125 e. The molecule has 112 valence electrons. The Bertz CT molecular complexity index is 580. The topological polar surface area (TPSA) is 29.5 Å². The molecule has 2 nitrogen and oxygen atoms in total. The summed E-state index contributed by atoms with van der Waals surface area (Å²) in [6.07, 6.45) is 5.62. The summed E-state index contributed by atoms with van der Waals surface area (Å²) in [5.74, 6) is 0.788. The standard InChI is InChI=1S/C18H22O2S/c1-2-20-15-10-7-6-9-14(15)18(19)17-12-13-8-4-3-5-11-16(13)21-17/h6-7,9-10,12,18-19H,2-5,8,11H2,1H3. The van der Waals surface area contributed by atoms with E-state index in [0.717, 1.165) is 22.6 Å². The third kappa shape index (κ3) is 3.14. The number of thiophene rings is 1. The van der Waals surface area contributed by atoms with Crippen molar-refractivity contribution < 1.29 is 9.84 Å². The molecule has 1 unspecified atom stereocenters. The number of ether oxygens (including phenoxy) is 1. The minimum atomic E-state index is -0.579. The van der Waals surface area contributed by atoms with E-state index in [1.54, 1.807) is 11.3 Å². The summed E-state index contributed by atoms with van der Waals surface area (Å²) in [6.45, 7) is 2.58. The third-order valence-corrected chi connectivity index (χ3v) is 5.34. The van der Waals surface area contributed by atoms with E-state index in [-0.39, 0.29) is 0 Å². The van der Waals surface area contributed by atoms with E-state index < -0.39 is 6.10 Å². The van der Waals surface area contributed by atoms with Crippen LogP contribution in [0, 0.1) is 0 Å². The number of fused-ring (bicyclic) bond motifs is 1. The molecule has 0 spiro atoms. The van der Waals surface area contributed by atoms with Gasteiger partial charge in [0.15, 0.2) is 0 Å². The van der Waals surface area contributed by atoms with E-state index in [4.69, 9.17) is 4.74 Å². The molecule has 0 amide bonds. The molecule has 0 aliphatic heterocycles. The highest BCUT2D eigenvalue weighted by atomic mass is 32.1. The van der Waals surface area contributed by atoms with Crippen molar-refractivity contribution in [2.75, 3.05) is 6.61 Å². The van der Waals surface area contributed by atoms with Crippen LogP contribution >= 0.6 is 11.3 Å². The molecule has 2 aromatic rings. The van der Waals surface area contributed by atoms with Gasteiger partial charge < -0.3 is 9.84 Å². The van der Waals surface area contributed by atoms with Gasteiger partial charge in [0.05, 0.1) is 6.61 Å². The van der Waals surface area contributed by atoms with Crippen LogP contribution in [-0.4, -0.2) is 11.7 Å². The minimum Gasteiger partial charge on any atom is -0.493 e. The first-order valence-electron chi connectivity index (χ1n) is 7.81. The lowest BCUT2D eigenvalue weighted by atomic mass is 10.0. The van der Waals surface area contributed by atoms with Crippen LogP contribution in [0.1, 0.15) is 53.2 Å². The smallest absolute Gasteiger partial charge is 0.125 e. The Morgan fingerprint density at radius 3 is 2.86 bits per heavy atom. The van der Waals surface area contributed by atoms with Crippen LogP contribution in [0.3, 0.4) is 0 Å². The van der Waals surface area contributed by atoms with Crippen LogP contribution in [0.2, 0.25) is 0 Å². The molecule has 0 saturated carbocycles. The predicted octanol–water partition coefficient (Wildman–Crippen LogP) is 4.50. The van der Waals surface area contributed by atoms with Crippen LogP contribution in [-0.2, 0) is 12.8 Å². The van der Waals surface area contributed by atoms with Crippen LogP contribution in [0.25, 0.3) is 0 Å². The third-order valence-electron chi connectivity index (χ3n) is 4.05. The number of benzene rings is 1. The number of rotatable bonds is 4. The first kappa shape index (κ1) is 14.6. The molecule has 0 fully saturated rings. The fourth-order valence-electron chi connectivity index (χ4n) is 2.97. The van der Waals surface area contributed by atoms with Crippen molar-refractivity contribution in [3.63, 3.8) is 0 Å². The zero-order chi connectivity index (χ0) is 14.7. The highest BCUT2D eigenvalue weighted by molar-refractivity contribution is 7.12. The maximum atomic E-state index is 10.7. The average Bonchev–Trinajstić information content (AvgIpc) is 2.78. The SMILES string of the molecule is CCOc1ccccc1C(O)c1cc2c(s1)CCCCC2. The molecule has 1 aliphatic rings. The molecule has 0 radical (unpaired) electrons. The van der Waals surface area contributed by atoms with Gasteiger partial charge in [-0.3, -0.25) is 0 Å². The lowest BCUT2D eigenvalue weighted by molar-refractivity contribution is 0.215. The molecule has 1 aromatic carbocycles. The molecular weight excluding hydrogens is 280 g/mol. The van der Waals surface area contributed by atoms with Gasteiger partial charge in [0.2, 0.25) is 0 Å². The Kier molecular flexibility index (Phi) is 4.61. The number of para-hydroxylation sites is 1. The van der Waals surface area contributed by atoms with Crippen molar-refractivity contribution in [2.24, 2.45) is 0 Å². The first-order valence-corrected chi connectivity index (χ1v) is 8.62. The summed E-state index contributed by atoms with van der Waals surface area (Å²) in [4.78, 5) is 2.52. The van der Waals surface area contributed by atoms with E-state index in [9.17, 15) is 5.11 Å². The molecular formula is C18H22O2S. The van der Waals surface area contributed by atoms with Gasteiger partial charge in [-0.2, -0.15) is 0 Å². The number of aryl methyl sites for hydroxylation is 2. The molecule has 21 heavy (non-hydrogen) atoms. The van der Waals surface area contributed by atoms with Gasteiger partial charge in [0, 0.05) is 15.3 Å². The molecule has 0 saturated heterocycles. The van der Waals surface area contributed by atoms with Crippen molar-refractivity contribution in [2.45, 2.75) is 45.1 Å². The van der Waals surface area contributed by atoms with Crippen molar-refractivity contribution in [3.05, 3.63) is 51.2 Å². The van der Waals surface area contributed by atoms with Crippen LogP contribution in [0.4, 0.5) is 0 Å². The van der Waals surface area contributed by atoms with Crippen molar-refractivity contribution in [3.8, 4) is 5.75 Å². The van der Waals surface area contributed by atoms with Crippen LogP contribution < -0.4 is 4.74 Å². The van der Waals surface area contributed by atoms with E-state index in [1.165, 1.54) is 36.1 Å². The Labute approximate surface area is 130 Å². The highest BCUT2D eigenvalue weighted by Crippen LogP contribution is 2.37. The molecule has 1 aromatic heterocycles. The van der Waals surface area contributed by atoms with Gasteiger partial charge in [-0.15, -0.1) is 11.3 Å². The lowest BCUT2D eigenvalue weighted by Gasteiger charge is -2.14. The second kappa shape index (κ2) is 6.63. The largest absolute Gasteiger partial charge is 0.493 e. The quantitative estimate of drug-likeness (QED) is 0.843. The highest BCUT2D eigenvalue weighted by Gasteiger charge is 2.20. The number of hydrogen-bond acceptors (Lipinski definition) is 3. The summed E-state index contributed by atoms with van der Waals surface area (Å²) in [5, 5.41) is 10.7. The second-order valence-corrected chi connectivity index (χ2v) is 6.70. The Hall–Kier alpha value is -1.32. The van der Waals surface area contributed by atoms with Gasteiger partial charge in [-0.05, 0) is 50.3 Å². The molecule has 0 bridgehead atoms. The average molecular weight is 302 g/mol. The molecule has 1 N–H and O–H groups in total. The van der Waals surface area contributed by atoms with Crippen molar-refractivity contribution in [1.82, 2.24) is 0 Å². The zero-order valence-electron chi connectivity index (χ0n) is 12.5. The van der Waals surface area contributed by atoms with Crippen molar-refractivity contribution in [1.29, 1.82) is 0 Å². The Morgan fingerprint density at radius 2 is 2.00 bits per heavy atom. The number of aliphatic hydroxyl groups excluding tert-OH is 1. The van der Waals surface area contributed by atoms with Gasteiger partial charge in [-0.25, -0.2) is 0 Å². The van der Waals surface area contributed by atoms with E-state index in [0.29, 0.717) is 6.61 Å². The summed E-state index contributed by atoms with van der Waals surface area (Å²) in [6, 6.07) is 10.0. The van der Waals surface area contributed by atoms with E-state index in [2.05, 4.69) is 6.07 Å². The lowest BCUT2D eigenvalue weighted by Crippen LogP contribution is -2.02. The molecule has 3 heteroatoms. The Morgan fingerprint density at radius 1 is 1.19 bits per heavy atom. The van der Waals surface area contributed by atoms with Gasteiger partial charge in [0.1, 0.15) is 11.9 Å². The fraction of sp³-hybridized carbons (Fsp3) is 0.444. The Balaban J connectivity index is 1.90. The van der Waals surface area contributed by atoms with Crippen LogP contribution in [0.15, 0.2) is 30.3 Å². The molecule has 3 rings (SSSR count). The van der Waals surface area contributed by atoms with E-state index >= 15 is 0 Å². The van der Waals surface area contributed by atoms with E-state index in [1.807, 2.05) is 31.2 Å². The molecule has 1 aliphatic carbocycles. The first-order chi connectivity index (χ1) is 10.3. The van der Waals surface area contributed by atoms with Gasteiger partial charge >= 0.3 is 0 Å². The monoisotopic (exact) mass is 302 g/mol. The van der Waals surface area contributed by atoms with Crippen LogP contribution in [0.5, 0.6) is 5.75 Å². The summed E-state index contributed by atoms with van der Waals surface area (Å²) in [5.41, 5.74) is 2.32. The number of hydrogen-bond donors (Lipinski definition) is 1. The number of aliphatic hydroxyl groups is 1. The minimum absolute atomic E-state index is 0.579. The predicted molar refractivity (Wildman–Crippen MR) is 87.3 cm³/mol. The molecule has 1 heterocycles. The maximum absolute atomic E-state index is 10.7. The van der Waals surface area contributed by atoms with Gasteiger partial charge in [0.25, 0.3) is 0 Å². The van der Waals surface area contributed by atoms with Crippen molar-refractivity contribution >= 4 is 11.3 Å².